The van der Waals surface area contributed by atoms with Gasteiger partial charge < -0.3 is 18.8 Å². The molecular formula is C23H23ClN4O3. The summed E-state index contributed by atoms with van der Waals surface area (Å²) in [5.74, 6) is 0.842. The number of pyridine rings is 1. The minimum atomic E-state index is -0.182. The van der Waals surface area contributed by atoms with E-state index in [0.29, 0.717) is 36.1 Å². The monoisotopic (exact) mass is 438 g/mol. The summed E-state index contributed by atoms with van der Waals surface area (Å²) in [7, 11) is 0. The van der Waals surface area contributed by atoms with Crippen LogP contribution in [0.2, 0.25) is 5.02 Å². The van der Waals surface area contributed by atoms with Crippen molar-refractivity contribution in [1.82, 2.24) is 19.0 Å². The first-order valence-corrected chi connectivity index (χ1v) is 10.8. The molecule has 31 heavy (non-hydrogen) atoms. The number of hydrogen-bond acceptors (Lipinski definition) is 4. The molecule has 0 spiro atoms. The molecule has 2 aliphatic heterocycles. The first-order chi connectivity index (χ1) is 14.9. The van der Waals surface area contributed by atoms with Gasteiger partial charge in [0.2, 0.25) is 0 Å². The van der Waals surface area contributed by atoms with E-state index in [1.54, 1.807) is 33.8 Å². The van der Waals surface area contributed by atoms with Gasteiger partial charge in [0.1, 0.15) is 17.1 Å². The number of aromatic nitrogens is 3. The van der Waals surface area contributed by atoms with Crippen molar-refractivity contribution >= 4 is 17.5 Å². The lowest BCUT2D eigenvalue weighted by Gasteiger charge is -2.38. The largest absolute Gasteiger partial charge is 0.493 e. The second-order valence-corrected chi connectivity index (χ2v) is 8.70. The molecule has 5 rings (SSSR count). The van der Waals surface area contributed by atoms with Crippen LogP contribution in [0.4, 0.5) is 0 Å². The number of halogens is 1. The molecule has 1 aromatic carbocycles. The smallest absolute Gasteiger partial charge is 0.275 e. The van der Waals surface area contributed by atoms with Crippen LogP contribution in [0.5, 0.6) is 5.75 Å². The molecule has 0 aliphatic carbocycles. The number of aryl methyl sites for hydroxylation is 1. The van der Waals surface area contributed by atoms with Crippen molar-refractivity contribution < 1.29 is 9.53 Å². The van der Waals surface area contributed by atoms with Crippen molar-refractivity contribution in [2.24, 2.45) is 0 Å². The number of benzene rings is 1. The van der Waals surface area contributed by atoms with Crippen molar-refractivity contribution in [2.75, 3.05) is 13.2 Å². The molecule has 8 heteroatoms. The van der Waals surface area contributed by atoms with Gasteiger partial charge in [0.25, 0.3) is 11.5 Å². The molecular weight excluding hydrogens is 416 g/mol. The number of hydrogen-bond donors (Lipinski definition) is 0. The Kier molecular flexibility index (Phi) is 4.85. The van der Waals surface area contributed by atoms with Gasteiger partial charge in [0.05, 0.1) is 18.6 Å². The van der Waals surface area contributed by atoms with Crippen molar-refractivity contribution in [3.63, 3.8) is 0 Å². The van der Waals surface area contributed by atoms with Gasteiger partial charge in [-0.05, 0) is 50.6 Å². The number of imidazole rings is 1. The second kappa shape index (κ2) is 7.57. The molecule has 0 radical (unpaired) electrons. The maximum Gasteiger partial charge on any atom is 0.275 e. The van der Waals surface area contributed by atoms with Crippen LogP contribution in [0.3, 0.4) is 0 Å². The van der Waals surface area contributed by atoms with Crippen LogP contribution in [0.1, 0.15) is 41.0 Å². The molecule has 0 bridgehead atoms. The molecule has 0 saturated heterocycles. The summed E-state index contributed by atoms with van der Waals surface area (Å²) < 4.78 is 9.06. The van der Waals surface area contributed by atoms with Gasteiger partial charge in [-0.2, -0.15) is 0 Å². The molecule has 160 valence electrons. The van der Waals surface area contributed by atoms with Gasteiger partial charge in [-0.15, -0.1) is 0 Å². The fourth-order valence-corrected chi connectivity index (χ4v) is 4.70. The van der Waals surface area contributed by atoms with E-state index in [2.05, 4.69) is 4.98 Å². The van der Waals surface area contributed by atoms with Gasteiger partial charge in [-0.25, -0.2) is 4.98 Å². The third-order valence-electron chi connectivity index (χ3n) is 6.16. The van der Waals surface area contributed by atoms with E-state index in [1.807, 2.05) is 36.9 Å². The fraction of sp³-hybridized carbons (Fsp3) is 0.348. The Hall–Kier alpha value is -3.06. The summed E-state index contributed by atoms with van der Waals surface area (Å²) in [6.07, 6.45) is 4.24. The highest BCUT2D eigenvalue weighted by Crippen LogP contribution is 2.37. The summed E-state index contributed by atoms with van der Waals surface area (Å²) in [4.78, 5) is 32.6. The number of carbonyl (C=O) groups is 1. The Morgan fingerprint density at radius 1 is 1.23 bits per heavy atom. The molecule has 2 unspecified atom stereocenters. The first kappa shape index (κ1) is 19.9. The van der Waals surface area contributed by atoms with Gasteiger partial charge in [0, 0.05) is 41.8 Å². The Morgan fingerprint density at radius 2 is 2.06 bits per heavy atom. The highest BCUT2D eigenvalue weighted by atomic mass is 35.5. The Morgan fingerprint density at radius 3 is 2.84 bits per heavy atom. The number of amides is 1. The predicted molar refractivity (Wildman–Crippen MR) is 117 cm³/mol. The van der Waals surface area contributed by atoms with Crippen LogP contribution < -0.4 is 10.3 Å². The lowest BCUT2D eigenvalue weighted by molar-refractivity contribution is 0.0580. The van der Waals surface area contributed by atoms with Crippen molar-refractivity contribution in [2.45, 2.75) is 38.8 Å². The van der Waals surface area contributed by atoms with Gasteiger partial charge in [-0.3, -0.25) is 9.59 Å². The van der Waals surface area contributed by atoms with Crippen LogP contribution in [0, 0.1) is 6.92 Å². The normalized spacial score (nSPS) is 20.2. The maximum atomic E-state index is 13.4. The third-order valence-corrected chi connectivity index (χ3v) is 6.39. The lowest BCUT2D eigenvalue weighted by atomic mass is 9.91. The average molecular weight is 439 g/mol. The highest BCUT2D eigenvalue weighted by molar-refractivity contribution is 6.30. The third kappa shape index (κ3) is 3.43. The molecule has 0 N–H and O–H groups in total. The van der Waals surface area contributed by atoms with Crippen LogP contribution >= 0.6 is 11.6 Å². The number of ether oxygens (including phenoxy) is 1. The fourth-order valence-electron chi connectivity index (χ4n) is 4.52. The summed E-state index contributed by atoms with van der Waals surface area (Å²) >= 11 is 6.21. The van der Waals surface area contributed by atoms with Crippen LogP contribution in [0.25, 0.3) is 5.69 Å². The van der Waals surface area contributed by atoms with Gasteiger partial charge in [-0.1, -0.05) is 11.6 Å². The zero-order chi connectivity index (χ0) is 21.7. The number of carbonyl (C=O) groups excluding carboxylic acids is 1. The average Bonchev–Trinajstić information content (AvgIpc) is 3.18. The SMILES string of the molecule is Cc1cn(-c2ccc3n(c2=O)CC(C)N(CC2CCOc4ccc(Cl)cc42)C3=O)cn1. The van der Waals surface area contributed by atoms with Crippen LogP contribution in [0.15, 0.2) is 47.7 Å². The van der Waals surface area contributed by atoms with Crippen molar-refractivity contribution in [1.29, 1.82) is 0 Å². The molecule has 7 nitrogen and oxygen atoms in total. The van der Waals surface area contributed by atoms with E-state index in [9.17, 15) is 9.59 Å². The van der Waals surface area contributed by atoms with E-state index in [4.69, 9.17) is 16.3 Å². The summed E-state index contributed by atoms with van der Waals surface area (Å²) in [5.41, 5.74) is 2.59. The Balaban J connectivity index is 1.46. The Bertz CT molecular complexity index is 1230. The molecule has 2 aliphatic rings. The van der Waals surface area contributed by atoms with E-state index < -0.39 is 0 Å². The van der Waals surface area contributed by atoms with E-state index in [0.717, 1.165) is 23.4 Å². The van der Waals surface area contributed by atoms with Crippen molar-refractivity contribution in [3.05, 3.63) is 75.2 Å². The molecule has 0 fully saturated rings. The minimum Gasteiger partial charge on any atom is -0.493 e. The van der Waals surface area contributed by atoms with Gasteiger partial charge in [0.15, 0.2) is 0 Å². The predicted octanol–water partition coefficient (Wildman–Crippen LogP) is 3.41. The molecule has 3 aromatic rings. The summed E-state index contributed by atoms with van der Waals surface area (Å²) in [6, 6.07) is 8.96. The van der Waals surface area contributed by atoms with Crippen LogP contribution in [-0.2, 0) is 6.54 Å². The summed E-state index contributed by atoms with van der Waals surface area (Å²) in [6.45, 7) is 5.48. The topological polar surface area (TPSA) is 69.4 Å². The number of nitrogens with zero attached hydrogens (tertiary/aromatic N) is 4. The Labute approximate surface area is 184 Å². The molecule has 2 atom stereocenters. The molecule has 4 heterocycles. The lowest BCUT2D eigenvalue weighted by Crippen LogP contribution is -2.51. The van der Waals surface area contributed by atoms with Crippen molar-refractivity contribution in [3.8, 4) is 11.4 Å². The molecule has 1 amide bonds. The van der Waals surface area contributed by atoms with E-state index in [1.165, 1.54) is 0 Å². The number of rotatable bonds is 3. The number of fused-ring (bicyclic) bond motifs is 2. The standard InChI is InChI=1S/C23H23ClN4O3/c1-14-10-26(13-25-14)19-4-5-20-23(30)27(15(2)11-28(20)22(19)29)12-16-7-8-31-21-6-3-17(24)9-18(16)21/h3-6,9-10,13,15-16H,7-8,11-12H2,1-2H3. The highest BCUT2D eigenvalue weighted by Gasteiger charge is 2.34. The zero-order valence-electron chi connectivity index (χ0n) is 17.4. The van der Waals surface area contributed by atoms with Gasteiger partial charge >= 0.3 is 0 Å². The van der Waals surface area contributed by atoms with E-state index >= 15 is 0 Å². The van der Waals surface area contributed by atoms with Crippen LogP contribution in [-0.4, -0.2) is 44.1 Å². The molecule has 0 saturated carbocycles. The first-order valence-electron chi connectivity index (χ1n) is 10.4. The summed E-state index contributed by atoms with van der Waals surface area (Å²) in [5, 5.41) is 0.659. The second-order valence-electron chi connectivity index (χ2n) is 8.26. The van der Waals surface area contributed by atoms with E-state index in [-0.39, 0.29) is 23.4 Å². The quantitative estimate of drug-likeness (QED) is 0.628. The minimum absolute atomic E-state index is 0.108. The maximum absolute atomic E-state index is 13.4. The zero-order valence-corrected chi connectivity index (χ0v) is 18.2. The molecule has 2 aromatic heterocycles.